The number of aryl methyl sites for hydroxylation is 1. The van der Waals surface area contributed by atoms with E-state index in [0.717, 1.165) is 16.8 Å². The van der Waals surface area contributed by atoms with Crippen LogP contribution < -0.4 is 10.3 Å². The van der Waals surface area contributed by atoms with E-state index in [2.05, 4.69) is 10.5 Å². The molecular formula is C16H19N3O3. The van der Waals surface area contributed by atoms with Crippen LogP contribution in [0.4, 0.5) is 5.69 Å². The van der Waals surface area contributed by atoms with Crippen LogP contribution in [0.25, 0.3) is 0 Å². The quantitative estimate of drug-likeness (QED) is 0.848. The number of benzene rings is 1. The molecule has 0 fully saturated rings. The molecule has 0 saturated heterocycles. The highest BCUT2D eigenvalue weighted by molar-refractivity contribution is 6.09. The maximum atomic E-state index is 11.8. The summed E-state index contributed by atoms with van der Waals surface area (Å²) in [5, 5.41) is 13.9. The van der Waals surface area contributed by atoms with E-state index in [-0.39, 0.29) is 24.8 Å². The molecule has 0 spiro atoms. The largest absolute Gasteiger partial charge is 0.395 e. The van der Waals surface area contributed by atoms with E-state index in [1.165, 1.54) is 0 Å². The molecule has 6 heteroatoms. The molecule has 1 atom stereocenters. The Hall–Kier alpha value is -2.21. The number of anilines is 1. The summed E-state index contributed by atoms with van der Waals surface area (Å²) in [6.45, 7) is 1.69. The van der Waals surface area contributed by atoms with Crippen LogP contribution in [0, 0.1) is 5.41 Å². The molecule has 0 radical (unpaired) electrons. The fourth-order valence-electron chi connectivity index (χ4n) is 3.08. The molecule has 2 heterocycles. The molecule has 6 nitrogen and oxygen atoms in total. The lowest BCUT2D eigenvalue weighted by Gasteiger charge is -2.32. The normalized spacial score (nSPS) is 24.7. The minimum atomic E-state index is -0.688. The number of nitrogens with one attached hydrogen (secondary N) is 1. The monoisotopic (exact) mass is 301 g/mol. The van der Waals surface area contributed by atoms with Crippen molar-refractivity contribution in [3.8, 4) is 0 Å². The van der Waals surface area contributed by atoms with Crippen LogP contribution in [0.1, 0.15) is 30.9 Å². The van der Waals surface area contributed by atoms with E-state index in [1.807, 2.05) is 25.1 Å². The van der Waals surface area contributed by atoms with Gasteiger partial charge in [0.1, 0.15) is 0 Å². The van der Waals surface area contributed by atoms with Gasteiger partial charge in [-0.1, -0.05) is 13.0 Å². The molecule has 0 aliphatic carbocycles. The van der Waals surface area contributed by atoms with Gasteiger partial charge in [-0.15, -0.1) is 0 Å². The van der Waals surface area contributed by atoms with Gasteiger partial charge in [0.05, 0.1) is 12.3 Å². The second-order valence-electron chi connectivity index (χ2n) is 6.19. The average Bonchev–Trinajstić information content (AvgIpc) is 2.51. The molecule has 3 rings (SSSR count). The highest BCUT2D eigenvalue weighted by atomic mass is 16.3. The third-order valence-corrected chi connectivity index (χ3v) is 4.46. The van der Waals surface area contributed by atoms with Crippen molar-refractivity contribution in [2.75, 3.05) is 18.6 Å². The number of hydrazone groups is 1. The fraction of sp³-hybridized carbons (Fsp3) is 0.438. The highest BCUT2D eigenvalue weighted by Crippen LogP contribution is 2.33. The van der Waals surface area contributed by atoms with Crippen molar-refractivity contribution >= 4 is 23.2 Å². The smallest absolute Gasteiger partial charge is 0.241 e. The highest BCUT2D eigenvalue weighted by Gasteiger charge is 2.37. The Morgan fingerprint density at radius 2 is 2.14 bits per heavy atom. The van der Waals surface area contributed by atoms with Crippen molar-refractivity contribution in [2.24, 2.45) is 10.5 Å². The van der Waals surface area contributed by atoms with E-state index in [9.17, 15) is 14.7 Å². The van der Waals surface area contributed by atoms with Crippen molar-refractivity contribution in [2.45, 2.75) is 26.2 Å². The number of nitrogens with zero attached hydrogens (tertiary/aromatic N) is 2. The minimum absolute atomic E-state index is 0.114. The topological polar surface area (TPSA) is 82.0 Å². The Kier molecular flexibility index (Phi) is 3.48. The van der Waals surface area contributed by atoms with Crippen LogP contribution in [0.5, 0.6) is 0 Å². The van der Waals surface area contributed by atoms with Gasteiger partial charge < -0.3 is 10.0 Å². The number of aliphatic hydroxyl groups excluding tert-OH is 1. The summed E-state index contributed by atoms with van der Waals surface area (Å²) in [4.78, 5) is 25.0. The van der Waals surface area contributed by atoms with Crippen molar-refractivity contribution in [1.82, 2.24) is 5.43 Å². The second kappa shape index (κ2) is 5.21. The summed E-state index contributed by atoms with van der Waals surface area (Å²) < 4.78 is 0. The second-order valence-corrected chi connectivity index (χ2v) is 6.19. The first-order chi connectivity index (χ1) is 10.4. The van der Waals surface area contributed by atoms with Gasteiger partial charge >= 0.3 is 0 Å². The third-order valence-electron chi connectivity index (χ3n) is 4.46. The molecule has 0 aromatic heterocycles. The van der Waals surface area contributed by atoms with Gasteiger partial charge in [0.15, 0.2) is 0 Å². The molecule has 2 N–H and O–H groups in total. The molecular weight excluding hydrogens is 282 g/mol. The van der Waals surface area contributed by atoms with E-state index < -0.39 is 5.41 Å². The number of hydrogen-bond acceptors (Lipinski definition) is 4. The molecule has 0 saturated carbocycles. The molecule has 2 amide bonds. The predicted octanol–water partition coefficient (Wildman–Crippen LogP) is 0.818. The lowest BCUT2D eigenvalue weighted by atomic mass is 9.77. The molecule has 0 bridgehead atoms. The number of aliphatic hydroxyl groups is 1. The minimum Gasteiger partial charge on any atom is -0.395 e. The van der Waals surface area contributed by atoms with Gasteiger partial charge in [-0.25, -0.2) is 5.43 Å². The Morgan fingerprint density at radius 1 is 1.36 bits per heavy atom. The summed E-state index contributed by atoms with van der Waals surface area (Å²) in [5.74, 6) is -0.0775. The summed E-state index contributed by atoms with van der Waals surface area (Å²) >= 11 is 0. The number of amides is 2. The first-order valence-corrected chi connectivity index (χ1v) is 7.32. The Bertz CT molecular complexity index is 683. The molecule has 2 aliphatic rings. The molecule has 1 unspecified atom stereocenters. The van der Waals surface area contributed by atoms with Crippen LogP contribution in [-0.4, -0.2) is 36.3 Å². The Morgan fingerprint density at radius 3 is 2.86 bits per heavy atom. The first kappa shape index (κ1) is 14.7. The average molecular weight is 301 g/mol. The zero-order chi connectivity index (χ0) is 15.9. The maximum Gasteiger partial charge on any atom is 0.241 e. The third kappa shape index (κ3) is 2.29. The zero-order valence-electron chi connectivity index (χ0n) is 12.7. The Balaban J connectivity index is 2.03. The van der Waals surface area contributed by atoms with Crippen LogP contribution in [0.2, 0.25) is 0 Å². The standard InChI is InChI=1S/C16H19N3O3/c1-16(9-20)8-13(21)17-18-15(16)11-3-5-12-10(7-11)4-6-14(22)19(12)2/h3,5,7,20H,4,6,8-9H2,1-2H3,(H,17,21). The van der Waals surface area contributed by atoms with Gasteiger partial charge in [-0.3, -0.25) is 9.59 Å². The summed E-state index contributed by atoms with van der Waals surface area (Å²) in [6, 6.07) is 5.79. The van der Waals surface area contributed by atoms with Gasteiger partial charge in [0.25, 0.3) is 0 Å². The molecule has 1 aromatic carbocycles. The molecule has 116 valence electrons. The summed E-state index contributed by atoms with van der Waals surface area (Å²) in [5.41, 5.74) is 5.34. The summed E-state index contributed by atoms with van der Waals surface area (Å²) in [6.07, 6.45) is 1.40. The SMILES string of the molecule is CN1C(=O)CCc2cc(C3=NNC(=O)CC3(C)CO)ccc21. The van der Waals surface area contributed by atoms with Crippen LogP contribution in [0.3, 0.4) is 0 Å². The van der Waals surface area contributed by atoms with E-state index >= 15 is 0 Å². The molecule has 1 aromatic rings. The fourth-order valence-corrected chi connectivity index (χ4v) is 3.08. The van der Waals surface area contributed by atoms with E-state index in [0.29, 0.717) is 18.6 Å². The first-order valence-electron chi connectivity index (χ1n) is 7.32. The number of carbonyl (C=O) groups excluding carboxylic acids is 2. The number of rotatable bonds is 2. The lowest BCUT2D eigenvalue weighted by molar-refractivity contribution is -0.123. The van der Waals surface area contributed by atoms with Crippen LogP contribution in [0.15, 0.2) is 23.3 Å². The van der Waals surface area contributed by atoms with E-state index in [4.69, 9.17) is 0 Å². The van der Waals surface area contributed by atoms with Gasteiger partial charge in [0, 0.05) is 31.0 Å². The lowest BCUT2D eigenvalue weighted by Crippen LogP contribution is -2.43. The van der Waals surface area contributed by atoms with Crippen LogP contribution in [-0.2, 0) is 16.0 Å². The van der Waals surface area contributed by atoms with Crippen molar-refractivity contribution in [1.29, 1.82) is 0 Å². The van der Waals surface area contributed by atoms with Gasteiger partial charge in [0.2, 0.25) is 11.8 Å². The number of fused-ring (bicyclic) bond motifs is 1. The Labute approximate surface area is 128 Å². The van der Waals surface area contributed by atoms with Crippen molar-refractivity contribution in [3.05, 3.63) is 29.3 Å². The van der Waals surface area contributed by atoms with Crippen molar-refractivity contribution < 1.29 is 14.7 Å². The summed E-state index contributed by atoms with van der Waals surface area (Å²) in [7, 11) is 1.77. The van der Waals surface area contributed by atoms with Gasteiger partial charge in [-0.2, -0.15) is 5.10 Å². The zero-order valence-corrected chi connectivity index (χ0v) is 12.7. The van der Waals surface area contributed by atoms with E-state index in [1.54, 1.807) is 11.9 Å². The number of hydrogen-bond donors (Lipinski definition) is 2. The molecule has 2 aliphatic heterocycles. The van der Waals surface area contributed by atoms with Crippen LogP contribution >= 0.6 is 0 Å². The number of carbonyl (C=O) groups is 2. The predicted molar refractivity (Wildman–Crippen MR) is 82.7 cm³/mol. The molecule has 22 heavy (non-hydrogen) atoms. The maximum absolute atomic E-state index is 11.8. The van der Waals surface area contributed by atoms with Gasteiger partial charge in [-0.05, 0) is 29.7 Å². The van der Waals surface area contributed by atoms with Crippen molar-refractivity contribution in [3.63, 3.8) is 0 Å².